The maximum Gasteiger partial charge on any atom is 0.268 e. The monoisotopic (exact) mass is 399 g/mol. The predicted octanol–water partition coefficient (Wildman–Crippen LogP) is 3.57. The van der Waals surface area contributed by atoms with Gasteiger partial charge in [-0.15, -0.1) is 0 Å². The van der Waals surface area contributed by atoms with Crippen molar-refractivity contribution in [3.8, 4) is 11.1 Å². The molecule has 0 bridgehead atoms. The molecule has 1 heterocycles. The van der Waals surface area contributed by atoms with E-state index in [1.807, 2.05) is 18.2 Å². The van der Waals surface area contributed by atoms with E-state index in [1.54, 1.807) is 31.3 Å². The Bertz CT molecular complexity index is 1130. The molecule has 0 fully saturated rings. The van der Waals surface area contributed by atoms with E-state index in [4.69, 9.17) is 0 Å². The molecular formula is C21H25N3O3S. The van der Waals surface area contributed by atoms with Gasteiger partial charge in [-0.05, 0) is 29.2 Å². The summed E-state index contributed by atoms with van der Waals surface area (Å²) in [5, 5.41) is 3.62. The lowest BCUT2D eigenvalue weighted by molar-refractivity contribution is 0.0959. The molecule has 7 heteroatoms. The van der Waals surface area contributed by atoms with Crippen LogP contribution in [0.1, 0.15) is 35.8 Å². The summed E-state index contributed by atoms with van der Waals surface area (Å²) >= 11 is 0. The molecule has 0 radical (unpaired) electrons. The van der Waals surface area contributed by atoms with E-state index >= 15 is 0 Å². The number of H-pyrrole nitrogens is 1. The van der Waals surface area contributed by atoms with Gasteiger partial charge in [0.25, 0.3) is 5.91 Å². The van der Waals surface area contributed by atoms with Crippen molar-refractivity contribution in [3.63, 3.8) is 0 Å². The van der Waals surface area contributed by atoms with Gasteiger partial charge in [0.2, 0.25) is 10.0 Å². The number of fused-ring (bicyclic) bond motifs is 1. The number of sulfonamides is 1. The highest BCUT2D eigenvalue weighted by Crippen LogP contribution is 2.36. The van der Waals surface area contributed by atoms with Gasteiger partial charge >= 0.3 is 0 Å². The second-order valence-corrected chi connectivity index (χ2v) is 9.34. The highest BCUT2D eigenvalue weighted by Gasteiger charge is 2.22. The number of aromatic nitrogens is 1. The fraction of sp³-hybridized carbons (Fsp3) is 0.286. The summed E-state index contributed by atoms with van der Waals surface area (Å²) in [6.45, 7) is 4.21. The molecule has 0 saturated heterocycles. The molecule has 0 unspecified atom stereocenters. The third-order valence-electron chi connectivity index (χ3n) is 4.86. The number of para-hydroxylation sites is 1. The Hall–Kier alpha value is -2.64. The van der Waals surface area contributed by atoms with Crippen LogP contribution in [0, 0.1) is 0 Å². The SMILES string of the molecule is CNC(=O)c1[nH]c2c(C(C)C)cccc2c1-c1ccc(S(=O)(=O)N(C)C)cc1. The van der Waals surface area contributed by atoms with Gasteiger partial charge < -0.3 is 10.3 Å². The van der Waals surface area contributed by atoms with Crippen molar-refractivity contribution >= 4 is 26.8 Å². The van der Waals surface area contributed by atoms with Gasteiger partial charge in [0.1, 0.15) is 5.69 Å². The summed E-state index contributed by atoms with van der Waals surface area (Å²) in [6, 6.07) is 12.6. The first-order valence-electron chi connectivity index (χ1n) is 9.08. The van der Waals surface area contributed by atoms with E-state index in [1.165, 1.54) is 18.4 Å². The third kappa shape index (κ3) is 3.31. The topological polar surface area (TPSA) is 82.3 Å². The molecule has 28 heavy (non-hydrogen) atoms. The molecule has 0 atom stereocenters. The van der Waals surface area contributed by atoms with E-state index in [2.05, 4.69) is 24.1 Å². The number of nitrogens with zero attached hydrogens (tertiary/aromatic N) is 1. The second-order valence-electron chi connectivity index (χ2n) is 7.19. The van der Waals surface area contributed by atoms with Gasteiger partial charge in [-0.3, -0.25) is 4.79 Å². The summed E-state index contributed by atoms with van der Waals surface area (Å²) in [5.41, 5.74) is 4.07. The number of benzene rings is 2. The van der Waals surface area contributed by atoms with Crippen LogP contribution in [0.25, 0.3) is 22.0 Å². The molecule has 0 aliphatic heterocycles. The highest BCUT2D eigenvalue weighted by molar-refractivity contribution is 7.89. The second kappa shape index (κ2) is 7.41. The van der Waals surface area contributed by atoms with E-state index in [9.17, 15) is 13.2 Å². The van der Waals surface area contributed by atoms with Crippen LogP contribution in [-0.2, 0) is 10.0 Å². The fourth-order valence-corrected chi connectivity index (χ4v) is 4.22. The van der Waals surface area contributed by atoms with Gasteiger partial charge in [-0.25, -0.2) is 12.7 Å². The van der Waals surface area contributed by atoms with Crippen molar-refractivity contribution in [2.24, 2.45) is 0 Å². The van der Waals surface area contributed by atoms with Crippen molar-refractivity contribution in [2.45, 2.75) is 24.7 Å². The average Bonchev–Trinajstić information content (AvgIpc) is 3.06. The van der Waals surface area contributed by atoms with Crippen molar-refractivity contribution < 1.29 is 13.2 Å². The quantitative estimate of drug-likeness (QED) is 0.688. The minimum atomic E-state index is -3.51. The van der Waals surface area contributed by atoms with Crippen LogP contribution >= 0.6 is 0 Å². The van der Waals surface area contributed by atoms with E-state index in [0.29, 0.717) is 11.6 Å². The standard InChI is InChI=1S/C21H25N3O3S/c1-13(2)16-7-6-8-17-18(20(21(25)22-3)23-19(16)17)14-9-11-15(12-10-14)28(26,27)24(4)5/h6-13,23H,1-5H3,(H,22,25). The van der Waals surface area contributed by atoms with Crippen LogP contribution in [0.15, 0.2) is 47.4 Å². The van der Waals surface area contributed by atoms with Crippen molar-refractivity contribution in [3.05, 3.63) is 53.7 Å². The lowest BCUT2D eigenvalue weighted by Gasteiger charge is -2.12. The fourth-order valence-electron chi connectivity index (χ4n) is 3.32. The Morgan fingerprint density at radius 3 is 2.25 bits per heavy atom. The molecular weight excluding hydrogens is 374 g/mol. The molecule has 148 valence electrons. The number of aromatic amines is 1. The predicted molar refractivity (Wildman–Crippen MR) is 112 cm³/mol. The Labute approximate surface area is 165 Å². The zero-order chi connectivity index (χ0) is 20.6. The summed E-state index contributed by atoms with van der Waals surface area (Å²) < 4.78 is 25.9. The normalized spacial score (nSPS) is 12.1. The summed E-state index contributed by atoms with van der Waals surface area (Å²) in [7, 11) is 1.08. The number of hydrogen-bond donors (Lipinski definition) is 2. The number of rotatable bonds is 5. The Balaban J connectivity index is 2.25. The van der Waals surface area contributed by atoms with Crippen molar-refractivity contribution in [2.75, 3.05) is 21.1 Å². The zero-order valence-electron chi connectivity index (χ0n) is 16.7. The maximum absolute atomic E-state index is 12.5. The van der Waals surface area contributed by atoms with Gasteiger partial charge in [0.05, 0.1) is 10.4 Å². The molecule has 0 saturated carbocycles. The third-order valence-corrected chi connectivity index (χ3v) is 6.69. The van der Waals surface area contributed by atoms with Crippen LogP contribution in [0.3, 0.4) is 0 Å². The number of carbonyl (C=O) groups excluding carboxylic acids is 1. The number of nitrogens with one attached hydrogen (secondary N) is 2. The summed E-state index contributed by atoms with van der Waals surface area (Å²) in [5.74, 6) is 0.0752. The van der Waals surface area contributed by atoms with Crippen LogP contribution in [0.4, 0.5) is 0 Å². The first kappa shape index (κ1) is 20.1. The van der Waals surface area contributed by atoms with E-state index in [0.717, 1.165) is 27.6 Å². The summed E-state index contributed by atoms with van der Waals surface area (Å²) in [4.78, 5) is 16.0. The van der Waals surface area contributed by atoms with Crippen LogP contribution in [0.2, 0.25) is 0 Å². The lowest BCUT2D eigenvalue weighted by Crippen LogP contribution is -2.22. The molecule has 0 spiro atoms. The smallest absolute Gasteiger partial charge is 0.268 e. The molecule has 3 rings (SSSR count). The molecule has 2 N–H and O–H groups in total. The van der Waals surface area contributed by atoms with E-state index in [-0.39, 0.29) is 10.8 Å². The number of carbonyl (C=O) groups is 1. The van der Waals surface area contributed by atoms with E-state index < -0.39 is 10.0 Å². The molecule has 2 aromatic carbocycles. The molecule has 0 aliphatic rings. The molecule has 0 aliphatic carbocycles. The van der Waals surface area contributed by atoms with Crippen LogP contribution < -0.4 is 5.32 Å². The first-order valence-corrected chi connectivity index (χ1v) is 10.5. The van der Waals surface area contributed by atoms with Crippen LogP contribution in [0.5, 0.6) is 0 Å². The average molecular weight is 400 g/mol. The molecule has 1 aromatic heterocycles. The summed E-state index contributed by atoms with van der Waals surface area (Å²) in [6.07, 6.45) is 0. The lowest BCUT2D eigenvalue weighted by atomic mass is 9.97. The first-order chi connectivity index (χ1) is 13.2. The number of amides is 1. The molecule has 6 nitrogen and oxygen atoms in total. The van der Waals surface area contributed by atoms with Gasteiger partial charge in [0.15, 0.2) is 0 Å². The minimum Gasteiger partial charge on any atom is -0.354 e. The van der Waals surface area contributed by atoms with Crippen molar-refractivity contribution in [1.29, 1.82) is 0 Å². The van der Waals surface area contributed by atoms with Gasteiger partial charge in [0, 0.05) is 32.1 Å². The highest BCUT2D eigenvalue weighted by atomic mass is 32.2. The minimum absolute atomic E-state index is 0.213. The zero-order valence-corrected chi connectivity index (χ0v) is 17.5. The largest absolute Gasteiger partial charge is 0.354 e. The Morgan fingerprint density at radius 2 is 1.71 bits per heavy atom. The maximum atomic E-state index is 12.5. The Morgan fingerprint density at radius 1 is 1.07 bits per heavy atom. The molecule has 1 amide bonds. The molecule has 3 aromatic rings. The van der Waals surface area contributed by atoms with Gasteiger partial charge in [-0.2, -0.15) is 0 Å². The Kier molecular flexibility index (Phi) is 5.32. The van der Waals surface area contributed by atoms with Gasteiger partial charge in [-0.1, -0.05) is 44.2 Å². The number of hydrogen-bond acceptors (Lipinski definition) is 3. The van der Waals surface area contributed by atoms with Crippen molar-refractivity contribution in [1.82, 2.24) is 14.6 Å². The van der Waals surface area contributed by atoms with Crippen LogP contribution in [-0.4, -0.2) is 44.8 Å².